The Kier molecular flexibility index (Phi) is 5.29. The first-order valence-corrected chi connectivity index (χ1v) is 7.93. The van der Waals surface area contributed by atoms with Gasteiger partial charge in [-0.3, -0.25) is 4.79 Å². The molecule has 0 atom stereocenters. The molecule has 0 saturated heterocycles. The normalized spacial score (nSPS) is 12.8. The van der Waals surface area contributed by atoms with Crippen LogP contribution in [0.5, 0.6) is 0 Å². The molecular formula is C17H10F6N6O. The minimum absolute atomic E-state index is 0.000986. The van der Waals surface area contributed by atoms with Crippen LogP contribution < -0.4 is 5.73 Å². The molecule has 0 fully saturated rings. The van der Waals surface area contributed by atoms with Crippen LogP contribution in [0.1, 0.15) is 16.7 Å². The van der Waals surface area contributed by atoms with Gasteiger partial charge in [0, 0.05) is 29.7 Å². The first-order valence-electron chi connectivity index (χ1n) is 7.93. The highest BCUT2D eigenvalue weighted by Crippen LogP contribution is 2.38. The van der Waals surface area contributed by atoms with Crippen LogP contribution in [-0.4, -0.2) is 30.6 Å². The number of primary amides is 1. The summed E-state index contributed by atoms with van der Waals surface area (Å²) in [6.07, 6.45) is -4.16. The van der Waals surface area contributed by atoms with Crippen molar-refractivity contribution in [3.05, 3.63) is 59.9 Å². The van der Waals surface area contributed by atoms with Crippen LogP contribution >= 0.6 is 0 Å². The summed E-state index contributed by atoms with van der Waals surface area (Å²) in [6, 6.07) is 0.998. The lowest BCUT2D eigenvalue weighted by molar-refractivity contribution is -0.143. The zero-order valence-electron chi connectivity index (χ0n) is 14.6. The van der Waals surface area contributed by atoms with E-state index in [9.17, 15) is 31.1 Å². The van der Waals surface area contributed by atoms with Crippen LogP contribution in [0.25, 0.3) is 23.2 Å². The molecule has 0 spiro atoms. The number of amides is 1. The Labute approximate surface area is 163 Å². The maximum Gasteiger partial charge on any atom is 0.416 e. The molecule has 1 amide bonds. The summed E-state index contributed by atoms with van der Waals surface area (Å²) in [4.78, 5) is 22.9. The van der Waals surface area contributed by atoms with Gasteiger partial charge in [0.1, 0.15) is 12.7 Å². The standard InChI is InChI=1S/C17H10F6N6O/c18-16(19,20)11-1-9(2-12(3-11)17(21,22)23)15-27-8-29(28-15)6-13(14(24)30)10-4-25-7-26-5-10/h1-8H,(H2,24,30)/b13-6-. The number of hydrogen-bond acceptors (Lipinski definition) is 5. The average Bonchev–Trinajstić information content (AvgIpc) is 3.13. The van der Waals surface area contributed by atoms with E-state index in [1.807, 2.05) is 0 Å². The lowest BCUT2D eigenvalue weighted by Crippen LogP contribution is -2.14. The molecule has 2 N–H and O–H groups in total. The summed E-state index contributed by atoms with van der Waals surface area (Å²) in [5.74, 6) is -1.31. The zero-order chi connectivity index (χ0) is 22.1. The van der Waals surface area contributed by atoms with Gasteiger partial charge in [-0.2, -0.15) is 26.3 Å². The van der Waals surface area contributed by atoms with Crippen molar-refractivity contribution in [3.8, 4) is 11.4 Å². The zero-order valence-corrected chi connectivity index (χ0v) is 14.6. The van der Waals surface area contributed by atoms with Crippen molar-refractivity contribution < 1.29 is 31.1 Å². The van der Waals surface area contributed by atoms with Crippen LogP contribution in [0.3, 0.4) is 0 Å². The monoisotopic (exact) mass is 428 g/mol. The van der Waals surface area contributed by atoms with Gasteiger partial charge in [0.25, 0.3) is 5.91 Å². The van der Waals surface area contributed by atoms with Gasteiger partial charge in [-0.05, 0) is 18.2 Å². The molecule has 7 nitrogen and oxygen atoms in total. The molecule has 0 unspecified atom stereocenters. The maximum atomic E-state index is 13.0. The number of alkyl halides is 6. The van der Waals surface area contributed by atoms with Gasteiger partial charge in [0.05, 0.1) is 16.7 Å². The smallest absolute Gasteiger partial charge is 0.366 e. The summed E-state index contributed by atoms with van der Waals surface area (Å²) < 4.78 is 79.0. The fourth-order valence-corrected chi connectivity index (χ4v) is 2.40. The second-order valence-corrected chi connectivity index (χ2v) is 5.88. The Morgan fingerprint density at radius 3 is 2.03 bits per heavy atom. The molecule has 1 aromatic carbocycles. The second kappa shape index (κ2) is 7.57. The third kappa shape index (κ3) is 4.61. The molecule has 3 rings (SSSR count). The SMILES string of the molecule is NC(=O)/C(=C\n1cnc(-c2cc(C(F)(F)F)cc(C(F)(F)F)c2)n1)c1cncnc1. The summed E-state index contributed by atoms with van der Waals surface area (Å²) in [5, 5.41) is 3.82. The number of carbonyl (C=O) groups excluding carboxylic acids is 1. The fourth-order valence-electron chi connectivity index (χ4n) is 2.40. The van der Waals surface area contributed by atoms with Crippen molar-refractivity contribution in [2.45, 2.75) is 12.4 Å². The van der Waals surface area contributed by atoms with E-state index in [2.05, 4.69) is 20.1 Å². The van der Waals surface area contributed by atoms with E-state index in [0.717, 1.165) is 17.2 Å². The molecule has 156 valence electrons. The van der Waals surface area contributed by atoms with Crippen molar-refractivity contribution in [1.29, 1.82) is 0 Å². The van der Waals surface area contributed by atoms with Gasteiger partial charge >= 0.3 is 12.4 Å². The van der Waals surface area contributed by atoms with Gasteiger partial charge in [-0.1, -0.05) is 0 Å². The van der Waals surface area contributed by atoms with E-state index in [1.165, 1.54) is 18.7 Å². The van der Waals surface area contributed by atoms with E-state index >= 15 is 0 Å². The number of carbonyl (C=O) groups is 1. The molecule has 3 aromatic rings. The summed E-state index contributed by atoms with van der Waals surface area (Å²) in [7, 11) is 0. The van der Waals surface area contributed by atoms with Crippen LogP contribution in [-0.2, 0) is 17.1 Å². The maximum absolute atomic E-state index is 13.0. The summed E-state index contributed by atoms with van der Waals surface area (Å²) in [6.45, 7) is 0. The Morgan fingerprint density at radius 1 is 0.967 bits per heavy atom. The van der Waals surface area contributed by atoms with Crippen LogP contribution in [0, 0.1) is 0 Å². The third-order valence-corrected chi connectivity index (χ3v) is 3.75. The van der Waals surface area contributed by atoms with Crippen LogP contribution in [0.15, 0.2) is 43.2 Å². The molecule has 0 saturated carbocycles. The largest absolute Gasteiger partial charge is 0.416 e. The van der Waals surface area contributed by atoms with Crippen LogP contribution in [0.2, 0.25) is 0 Å². The molecule has 30 heavy (non-hydrogen) atoms. The molecule has 0 aliphatic rings. The first kappa shape index (κ1) is 21.0. The number of hydrogen-bond donors (Lipinski definition) is 1. The Hall–Kier alpha value is -3.77. The summed E-state index contributed by atoms with van der Waals surface area (Å²) in [5.41, 5.74) is 1.90. The van der Waals surface area contributed by atoms with E-state index in [4.69, 9.17) is 5.73 Å². The number of aromatic nitrogens is 5. The van der Waals surface area contributed by atoms with Crippen molar-refractivity contribution >= 4 is 17.7 Å². The predicted molar refractivity (Wildman–Crippen MR) is 90.9 cm³/mol. The highest BCUT2D eigenvalue weighted by molar-refractivity contribution is 6.22. The molecule has 0 aliphatic carbocycles. The Morgan fingerprint density at radius 2 is 1.53 bits per heavy atom. The Balaban J connectivity index is 2.06. The fraction of sp³-hybridized carbons (Fsp3) is 0.118. The molecule has 0 bridgehead atoms. The molecule has 2 heterocycles. The quantitative estimate of drug-likeness (QED) is 0.508. The highest BCUT2D eigenvalue weighted by atomic mass is 19.4. The van der Waals surface area contributed by atoms with Crippen molar-refractivity contribution in [2.75, 3.05) is 0 Å². The van der Waals surface area contributed by atoms with E-state index in [1.54, 1.807) is 0 Å². The van der Waals surface area contributed by atoms with E-state index in [0.29, 0.717) is 12.1 Å². The highest BCUT2D eigenvalue weighted by Gasteiger charge is 2.37. The second-order valence-electron chi connectivity index (χ2n) is 5.88. The third-order valence-electron chi connectivity index (χ3n) is 3.75. The predicted octanol–water partition coefficient (Wildman–Crippen LogP) is 3.26. The summed E-state index contributed by atoms with van der Waals surface area (Å²) >= 11 is 0. The van der Waals surface area contributed by atoms with Gasteiger partial charge < -0.3 is 5.73 Å². The van der Waals surface area contributed by atoms with E-state index < -0.39 is 40.8 Å². The number of nitrogens with two attached hydrogens (primary N) is 1. The molecule has 0 radical (unpaired) electrons. The Bertz CT molecular complexity index is 1070. The first-order chi connectivity index (χ1) is 13.9. The lowest BCUT2D eigenvalue weighted by Gasteiger charge is -2.13. The number of halogens is 6. The number of benzene rings is 1. The van der Waals surface area contributed by atoms with Crippen molar-refractivity contribution in [2.24, 2.45) is 5.73 Å². The van der Waals surface area contributed by atoms with Crippen molar-refractivity contribution in [3.63, 3.8) is 0 Å². The molecular weight excluding hydrogens is 418 g/mol. The number of nitrogens with zero attached hydrogens (tertiary/aromatic N) is 5. The lowest BCUT2D eigenvalue weighted by atomic mass is 10.0. The van der Waals surface area contributed by atoms with Crippen LogP contribution in [0.4, 0.5) is 26.3 Å². The van der Waals surface area contributed by atoms with Gasteiger partial charge in [-0.15, -0.1) is 5.10 Å². The minimum Gasteiger partial charge on any atom is -0.366 e. The molecule has 0 aliphatic heterocycles. The van der Waals surface area contributed by atoms with Crippen molar-refractivity contribution in [1.82, 2.24) is 24.7 Å². The van der Waals surface area contributed by atoms with Gasteiger partial charge in [0.15, 0.2) is 5.82 Å². The number of rotatable bonds is 4. The van der Waals surface area contributed by atoms with Gasteiger partial charge in [0.2, 0.25) is 0 Å². The average molecular weight is 428 g/mol. The van der Waals surface area contributed by atoms with E-state index in [-0.39, 0.29) is 17.2 Å². The topological polar surface area (TPSA) is 99.6 Å². The molecule has 13 heteroatoms. The molecule has 2 aromatic heterocycles. The van der Waals surface area contributed by atoms with Gasteiger partial charge in [-0.25, -0.2) is 19.6 Å². The minimum atomic E-state index is -5.01.